The molecule has 0 radical (unpaired) electrons. The van der Waals surface area contributed by atoms with E-state index in [0.717, 1.165) is 45.3 Å². The maximum absolute atomic E-state index is 6.34. The molecule has 4 heteroatoms. The summed E-state index contributed by atoms with van der Waals surface area (Å²) in [6.45, 7) is 2.05. The number of halogens is 2. The van der Waals surface area contributed by atoms with E-state index in [0.29, 0.717) is 5.02 Å². The monoisotopic (exact) mass is 360 g/mol. The standard InChI is InChI=1S/C17H14BrClN2/c1-11-5-4-8-14-16(11)21-17(15(20-14)9-10-18)12-6-2-3-7-13(12)19/h2-8H,9-10H2,1H3. The van der Waals surface area contributed by atoms with Gasteiger partial charge in [-0.05, 0) is 24.6 Å². The molecule has 21 heavy (non-hydrogen) atoms. The average Bonchev–Trinajstić information content (AvgIpc) is 2.48. The van der Waals surface area contributed by atoms with Crippen LogP contribution in [0.5, 0.6) is 0 Å². The summed E-state index contributed by atoms with van der Waals surface area (Å²) in [5.41, 5.74) is 5.78. The molecule has 3 rings (SSSR count). The molecule has 0 aliphatic rings. The number of rotatable bonds is 3. The molecule has 0 aliphatic carbocycles. The molecule has 0 atom stereocenters. The SMILES string of the molecule is Cc1cccc2nc(CCBr)c(-c3ccccc3Cl)nc12. The van der Waals surface area contributed by atoms with Crippen LogP contribution in [-0.4, -0.2) is 15.3 Å². The lowest BCUT2D eigenvalue weighted by molar-refractivity contribution is 1.05. The second kappa shape index (κ2) is 6.12. The number of fused-ring (bicyclic) bond motifs is 1. The summed E-state index contributed by atoms with van der Waals surface area (Å²) in [6.07, 6.45) is 0.817. The second-order valence-corrected chi connectivity index (χ2v) is 6.08. The van der Waals surface area contributed by atoms with Gasteiger partial charge in [0, 0.05) is 17.3 Å². The van der Waals surface area contributed by atoms with Gasteiger partial charge in [0.1, 0.15) is 0 Å². The quantitative estimate of drug-likeness (QED) is 0.599. The number of aryl methyl sites for hydroxylation is 2. The molecule has 0 N–H and O–H groups in total. The van der Waals surface area contributed by atoms with Crippen LogP contribution in [0.4, 0.5) is 0 Å². The molecule has 0 saturated carbocycles. The molecule has 1 aromatic heterocycles. The van der Waals surface area contributed by atoms with Crippen LogP contribution >= 0.6 is 27.5 Å². The molecular formula is C17H14BrClN2. The molecule has 3 aromatic rings. The first-order valence-electron chi connectivity index (χ1n) is 6.78. The summed E-state index contributed by atoms with van der Waals surface area (Å²) in [6, 6.07) is 13.9. The van der Waals surface area contributed by atoms with Gasteiger partial charge in [-0.2, -0.15) is 0 Å². The predicted octanol–water partition coefficient (Wildman–Crippen LogP) is 5.20. The minimum atomic E-state index is 0.704. The van der Waals surface area contributed by atoms with Gasteiger partial charge in [-0.25, -0.2) is 9.97 Å². The first kappa shape index (κ1) is 14.5. The van der Waals surface area contributed by atoms with Crippen molar-refractivity contribution < 1.29 is 0 Å². The summed E-state index contributed by atoms with van der Waals surface area (Å²) < 4.78 is 0. The first-order valence-corrected chi connectivity index (χ1v) is 8.28. The third-order valence-electron chi connectivity index (χ3n) is 3.43. The molecule has 0 aliphatic heterocycles. The summed E-state index contributed by atoms with van der Waals surface area (Å²) >= 11 is 9.83. The molecule has 0 saturated heterocycles. The highest BCUT2D eigenvalue weighted by Crippen LogP contribution is 2.30. The van der Waals surface area contributed by atoms with Gasteiger partial charge in [0.2, 0.25) is 0 Å². The topological polar surface area (TPSA) is 25.8 Å². The zero-order valence-corrected chi connectivity index (χ0v) is 13.9. The van der Waals surface area contributed by atoms with Crippen molar-refractivity contribution >= 4 is 38.6 Å². The van der Waals surface area contributed by atoms with Gasteiger partial charge in [-0.3, -0.25) is 0 Å². The van der Waals surface area contributed by atoms with Gasteiger partial charge >= 0.3 is 0 Å². The maximum atomic E-state index is 6.34. The van der Waals surface area contributed by atoms with Crippen molar-refractivity contribution in [1.29, 1.82) is 0 Å². The number of benzene rings is 2. The lowest BCUT2D eigenvalue weighted by atomic mass is 10.1. The Balaban J connectivity index is 2.31. The second-order valence-electron chi connectivity index (χ2n) is 4.88. The van der Waals surface area contributed by atoms with E-state index in [9.17, 15) is 0 Å². The molecule has 2 nitrogen and oxygen atoms in total. The number of para-hydroxylation sites is 1. The van der Waals surface area contributed by atoms with Crippen LogP contribution in [0.3, 0.4) is 0 Å². The van der Waals surface area contributed by atoms with E-state index < -0.39 is 0 Å². The molecule has 106 valence electrons. The Kier molecular flexibility index (Phi) is 4.22. The lowest BCUT2D eigenvalue weighted by Gasteiger charge is -2.11. The molecular weight excluding hydrogens is 348 g/mol. The van der Waals surface area contributed by atoms with Crippen molar-refractivity contribution in [3.8, 4) is 11.3 Å². The van der Waals surface area contributed by atoms with Crippen molar-refractivity contribution in [3.63, 3.8) is 0 Å². The number of hydrogen-bond donors (Lipinski definition) is 0. The van der Waals surface area contributed by atoms with Crippen molar-refractivity contribution in [1.82, 2.24) is 9.97 Å². The van der Waals surface area contributed by atoms with Crippen LogP contribution in [0.2, 0.25) is 5.02 Å². The maximum Gasteiger partial charge on any atom is 0.0940 e. The number of hydrogen-bond acceptors (Lipinski definition) is 2. The van der Waals surface area contributed by atoms with Crippen molar-refractivity contribution in [2.24, 2.45) is 0 Å². The van der Waals surface area contributed by atoms with Gasteiger partial charge in [-0.15, -0.1) is 0 Å². The van der Waals surface area contributed by atoms with Crippen molar-refractivity contribution in [2.75, 3.05) is 5.33 Å². The highest BCUT2D eigenvalue weighted by atomic mass is 79.9. The third kappa shape index (κ3) is 2.81. The van der Waals surface area contributed by atoms with Gasteiger partial charge in [-0.1, -0.05) is 57.9 Å². The average molecular weight is 362 g/mol. The summed E-state index contributed by atoms with van der Waals surface area (Å²) in [4.78, 5) is 9.65. The number of nitrogens with zero attached hydrogens (tertiary/aromatic N) is 2. The van der Waals surface area contributed by atoms with Crippen LogP contribution in [0.25, 0.3) is 22.3 Å². The zero-order chi connectivity index (χ0) is 14.8. The largest absolute Gasteiger partial charge is 0.249 e. The molecule has 0 unspecified atom stereocenters. The highest BCUT2D eigenvalue weighted by Gasteiger charge is 2.13. The van der Waals surface area contributed by atoms with E-state index >= 15 is 0 Å². The fraction of sp³-hybridized carbons (Fsp3) is 0.176. The molecule has 0 fully saturated rings. The van der Waals surface area contributed by atoms with Crippen molar-refractivity contribution in [2.45, 2.75) is 13.3 Å². The Morgan fingerprint density at radius 1 is 1.05 bits per heavy atom. The number of aromatic nitrogens is 2. The molecule has 2 aromatic carbocycles. The third-order valence-corrected chi connectivity index (χ3v) is 4.16. The van der Waals surface area contributed by atoms with E-state index in [1.807, 2.05) is 36.4 Å². The molecule has 0 bridgehead atoms. The summed E-state index contributed by atoms with van der Waals surface area (Å²) in [5.74, 6) is 0. The zero-order valence-electron chi connectivity index (χ0n) is 11.6. The van der Waals surface area contributed by atoms with Gasteiger partial charge in [0.05, 0.1) is 27.4 Å². The fourth-order valence-electron chi connectivity index (χ4n) is 2.39. The van der Waals surface area contributed by atoms with E-state index in [-0.39, 0.29) is 0 Å². The normalized spacial score (nSPS) is 11.0. The predicted molar refractivity (Wildman–Crippen MR) is 92.2 cm³/mol. The lowest BCUT2D eigenvalue weighted by Crippen LogP contribution is -2.01. The van der Waals surface area contributed by atoms with E-state index in [1.165, 1.54) is 0 Å². The van der Waals surface area contributed by atoms with E-state index in [1.54, 1.807) is 0 Å². The van der Waals surface area contributed by atoms with Crippen LogP contribution < -0.4 is 0 Å². The Bertz CT molecular complexity index is 802. The highest BCUT2D eigenvalue weighted by molar-refractivity contribution is 9.09. The summed E-state index contributed by atoms with van der Waals surface area (Å²) in [5, 5.41) is 1.55. The Labute approximate surface area is 137 Å². The number of alkyl halides is 1. The Hall–Kier alpha value is -1.45. The van der Waals surface area contributed by atoms with Crippen LogP contribution in [0, 0.1) is 6.92 Å². The molecule has 0 amide bonds. The van der Waals surface area contributed by atoms with Gasteiger partial charge < -0.3 is 0 Å². The minimum absolute atomic E-state index is 0.704. The Morgan fingerprint density at radius 3 is 2.62 bits per heavy atom. The van der Waals surface area contributed by atoms with Crippen molar-refractivity contribution in [3.05, 3.63) is 58.7 Å². The fourth-order valence-corrected chi connectivity index (χ4v) is 2.99. The Morgan fingerprint density at radius 2 is 1.86 bits per heavy atom. The van der Waals surface area contributed by atoms with Gasteiger partial charge in [0.25, 0.3) is 0 Å². The summed E-state index contributed by atoms with van der Waals surface area (Å²) in [7, 11) is 0. The first-order chi connectivity index (χ1) is 10.2. The van der Waals surface area contributed by atoms with E-state index in [2.05, 4.69) is 28.9 Å². The smallest absolute Gasteiger partial charge is 0.0940 e. The van der Waals surface area contributed by atoms with Crippen LogP contribution in [-0.2, 0) is 6.42 Å². The van der Waals surface area contributed by atoms with Crippen LogP contribution in [0.15, 0.2) is 42.5 Å². The minimum Gasteiger partial charge on any atom is -0.249 e. The van der Waals surface area contributed by atoms with Crippen LogP contribution in [0.1, 0.15) is 11.3 Å². The van der Waals surface area contributed by atoms with Gasteiger partial charge in [0.15, 0.2) is 0 Å². The molecule has 1 heterocycles. The van der Waals surface area contributed by atoms with E-state index in [4.69, 9.17) is 21.6 Å². The molecule has 0 spiro atoms.